The van der Waals surface area contributed by atoms with Crippen LogP contribution in [0.3, 0.4) is 0 Å². The summed E-state index contributed by atoms with van der Waals surface area (Å²) in [4.78, 5) is 14.5. The highest BCUT2D eigenvalue weighted by Crippen LogP contribution is 2.44. The minimum atomic E-state index is 0.126. The van der Waals surface area contributed by atoms with Crippen LogP contribution in [0.25, 0.3) is 0 Å². The van der Waals surface area contributed by atoms with Gasteiger partial charge in [0.05, 0.1) is 25.4 Å². The number of thioether (sulfide) groups is 1. The van der Waals surface area contributed by atoms with Crippen LogP contribution < -0.4 is 5.32 Å². The Labute approximate surface area is 119 Å². The molecule has 0 bridgehead atoms. The van der Waals surface area contributed by atoms with Crippen LogP contribution in [0.15, 0.2) is 24.3 Å². The molecule has 0 aliphatic carbocycles. The van der Waals surface area contributed by atoms with Gasteiger partial charge in [0.1, 0.15) is 5.37 Å². The van der Waals surface area contributed by atoms with E-state index in [0.29, 0.717) is 5.91 Å². The average Bonchev–Trinajstić information content (AvgIpc) is 2.73. The monoisotopic (exact) mass is 279 g/mol. The van der Waals surface area contributed by atoms with E-state index in [2.05, 4.69) is 48.3 Å². The molecule has 2 atom stereocenters. The fourth-order valence-electron chi connectivity index (χ4n) is 2.46. The molecule has 1 fully saturated rings. The molecule has 3 nitrogen and oxygen atoms in total. The van der Waals surface area contributed by atoms with Crippen LogP contribution in [0.5, 0.6) is 0 Å². The standard InChI is InChI=1S/C15H22N2OS/c1-4-13-14(18)17(10-9-16-3)15(19-13)12-8-6-5-7-11(12)2/h5-8,13,15-16H,4,9-10H2,1-3H3/p+1/t13-,15-/m0/s1. The molecule has 1 amide bonds. The maximum Gasteiger partial charge on any atom is 0.237 e. The van der Waals surface area contributed by atoms with E-state index in [0.717, 1.165) is 19.5 Å². The number of benzene rings is 1. The van der Waals surface area contributed by atoms with Gasteiger partial charge in [-0.05, 0) is 24.5 Å². The van der Waals surface area contributed by atoms with Crippen LogP contribution in [-0.2, 0) is 4.79 Å². The summed E-state index contributed by atoms with van der Waals surface area (Å²) in [7, 11) is 2.05. The summed E-state index contributed by atoms with van der Waals surface area (Å²) in [5, 5.41) is 2.45. The predicted molar refractivity (Wildman–Crippen MR) is 80.0 cm³/mol. The highest BCUT2D eigenvalue weighted by Gasteiger charge is 2.40. The van der Waals surface area contributed by atoms with E-state index < -0.39 is 0 Å². The highest BCUT2D eigenvalue weighted by molar-refractivity contribution is 8.01. The van der Waals surface area contributed by atoms with E-state index in [1.165, 1.54) is 11.1 Å². The van der Waals surface area contributed by atoms with Crippen molar-refractivity contribution in [3.8, 4) is 0 Å². The Morgan fingerprint density at radius 2 is 2.11 bits per heavy atom. The van der Waals surface area contributed by atoms with Gasteiger partial charge in [-0.1, -0.05) is 31.2 Å². The Morgan fingerprint density at radius 3 is 2.74 bits per heavy atom. The van der Waals surface area contributed by atoms with Crippen molar-refractivity contribution >= 4 is 17.7 Å². The molecule has 1 saturated heterocycles. The molecule has 0 radical (unpaired) electrons. The molecule has 0 aromatic heterocycles. The van der Waals surface area contributed by atoms with Crippen molar-refractivity contribution in [1.29, 1.82) is 0 Å². The second kappa shape index (κ2) is 6.44. The van der Waals surface area contributed by atoms with E-state index in [-0.39, 0.29) is 10.6 Å². The first-order valence-electron chi connectivity index (χ1n) is 6.98. The number of carbonyl (C=O) groups excluding carboxylic acids is 1. The maximum atomic E-state index is 12.4. The normalized spacial score (nSPS) is 23.1. The molecule has 0 spiro atoms. The molecule has 2 N–H and O–H groups in total. The molecular formula is C15H23N2OS+. The largest absolute Gasteiger partial charge is 0.347 e. The highest BCUT2D eigenvalue weighted by atomic mass is 32.2. The lowest BCUT2D eigenvalue weighted by Crippen LogP contribution is -2.81. The number of quaternary nitrogens is 1. The summed E-state index contributed by atoms with van der Waals surface area (Å²) in [5.41, 5.74) is 2.56. The Hall–Kier alpha value is -1.00. The van der Waals surface area contributed by atoms with Gasteiger partial charge in [0.25, 0.3) is 0 Å². The first-order valence-corrected chi connectivity index (χ1v) is 7.92. The number of hydrogen-bond acceptors (Lipinski definition) is 2. The molecule has 0 unspecified atom stereocenters. The van der Waals surface area contributed by atoms with Crippen LogP contribution in [-0.4, -0.2) is 36.2 Å². The van der Waals surface area contributed by atoms with Crippen molar-refractivity contribution < 1.29 is 10.1 Å². The number of amides is 1. The molecule has 0 saturated carbocycles. The second-order valence-corrected chi connectivity index (χ2v) is 6.26. The molecule has 1 aromatic rings. The van der Waals surface area contributed by atoms with Gasteiger partial charge in [0.15, 0.2) is 0 Å². The van der Waals surface area contributed by atoms with Gasteiger partial charge in [0, 0.05) is 0 Å². The fraction of sp³-hybridized carbons (Fsp3) is 0.533. The van der Waals surface area contributed by atoms with E-state index in [4.69, 9.17) is 0 Å². The smallest absolute Gasteiger partial charge is 0.237 e. The zero-order valence-corrected chi connectivity index (χ0v) is 12.7. The van der Waals surface area contributed by atoms with Gasteiger partial charge in [-0.2, -0.15) is 0 Å². The summed E-state index contributed by atoms with van der Waals surface area (Å²) >= 11 is 1.81. The number of aryl methyl sites for hydroxylation is 1. The summed E-state index contributed by atoms with van der Waals surface area (Å²) in [6.45, 7) is 6.02. The third kappa shape index (κ3) is 2.95. The van der Waals surface area contributed by atoms with Crippen molar-refractivity contribution in [2.24, 2.45) is 0 Å². The number of likely N-dealkylation sites (N-methyl/N-ethyl adjacent to an activating group) is 1. The summed E-state index contributed by atoms with van der Waals surface area (Å²) < 4.78 is 0. The van der Waals surface area contributed by atoms with Gasteiger partial charge in [-0.25, -0.2) is 0 Å². The van der Waals surface area contributed by atoms with Crippen molar-refractivity contribution in [2.75, 3.05) is 20.1 Å². The summed E-state index contributed by atoms with van der Waals surface area (Å²) in [6.07, 6.45) is 0.915. The molecule has 4 heteroatoms. The zero-order chi connectivity index (χ0) is 13.8. The van der Waals surface area contributed by atoms with Gasteiger partial charge < -0.3 is 10.2 Å². The van der Waals surface area contributed by atoms with Crippen LogP contribution in [0, 0.1) is 6.92 Å². The van der Waals surface area contributed by atoms with Crippen LogP contribution in [0.2, 0.25) is 0 Å². The third-order valence-corrected chi connectivity index (χ3v) is 5.25. The zero-order valence-electron chi connectivity index (χ0n) is 11.9. The Morgan fingerprint density at radius 1 is 1.37 bits per heavy atom. The molecule has 2 rings (SSSR count). The Balaban J connectivity index is 2.26. The average molecular weight is 279 g/mol. The maximum absolute atomic E-state index is 12.4. The van der Waals surface area contributed by atoms with E-state index in [1.807, 2.05) is 18.8 Å². The fourth-order valence-corrected chi connectivity index (χ4v) is 3.98. The lowest BCUT2D eigenvalue weighted by Gasteiger charge is -2.24. The Kier molecular flexibility index (Phi) is 4.88. The van der Waals surface area contributed by atoms with E-state index in [1.54, 1.807) is 0 Å². The molecular weight excluding hydrogens is 256 g/mol. The molecule has 1 aliphatic heterocycles. The number of nitrogens with zero attached hydrogens (tertiary/aromatic N) is 1. The van der Waals surface area contributed by atoms with Gasteiger partial charge in [-0.3, -0.25) is 4.79 Å². The first-order chi connectivity index (χ1) is 9.19. The van der Waals surface area contributed by atoms with Gasteiger partial charge in [-0.15, -0.1) is 11.8 Å². The molecule has 19 heavy (non-hydrogen) atoms. The minimum absolute atomic E-state index is 0.126. The molecule has 1 heterocycles. The van der Waals surface area contributed by atoms with Crippen LogP contribution in [0.4, 0.5) is 0 Å². The minimum Gasteiger partial charge on any atom is -0.347 e. The first kappa shape index (κ1) is 14.4. The lowest BCUT2D eigenvalue weighted by molar-refractivity contribution is -0.626. The molecule has 1 aromatic carbocycles. The van der Waals surface area contributed by atoms with Gasteiger partial charge in [0.2, 0.25) is 5.91 Å². The lowest BCUT2D eigenvalue weighted by atomic mass is 10.1. The number of nitrogens with two attached hydrogens (primary N) is 1. The van der Waals surface area contributed by atoms with E-state index in [9.17, 15) is 4.79 Å². The quantitative estimate of drug-likeness (QED) is 0.888. The van der Waals surface area contributed by atoms with Crippen molar-refractivity contribution in [3.63, 3.8) is 0 Å². The van der Waals surface area contributed by atoms with Crippen molar-refractivity contribution in [2.45, 2.75) is 30.9 Å². The van der Waals surface area contributed by atoms with Crippen LogP contribution >= 0.6 is 11.8 Å². The molecule has 104 valence electrons. The van der Waals surface area contributed by atoms with Crippen molar-refractivity contribution in [1.82, 2.24) is 4.90 Å². The van der Waals surface area contributed by atoms with Gasteiger partial charge >= 0.3 is 0 Å². The number of carbonyl (C=O) groups is 1. The summed E-state index contributed by atoms with van der Waals surface area (Å²) in [5.74, 6) is 0.308. The number of hydrogen-bond donors (Lipinski definition) is 1. The van der Waals surface area contributed by atoms with E-state index >= 15 is 0 Å². The van der Waals surface area contributed by atoms with Crippen molar-refractivity contribution in [3.05, 3.63) is 35.4 Å². The SMILES string of the molecule is CC[C@@H]1S[C@@H](c2ccccc2C)N(CC[NH2+]C)C1=O. The van der Waals surface area contributed by atoms with Crippen LogP contribution in [0.1, 0.15) is 29.8 Å². The Bertz CT molecular complexity index is 450. The summed E-state index contributed by atoms with van der Waals surface area (Å²) in [6, 6.07) is 8.41. The predicted octanol–water partition coefficient (Wildman–Crippen LogP) is 1.54. The second-order valence-electron chi connectivity index (χ2n) is 4.97. The number of rotatable bonds is 5. The molecule has 1 aliphatic rings. The third-order valence-electron chi connectivity index (χ3n) is 3.62. The topological polar surface area (TPSA) is 36.9 Å².